The Morgan fingerprint density at radius 3 is 2.50 bits per heavy atom. The van der Waals surface area contributed by atoms with Gasteiger partial charge in [0.05, 0.1) is 18.2 Å². The average molecular weight is 349 g/mol. The van der Waals surface area contributed by atoms with Gasteiger partial charge >= 0.3 is 0 Å². The number of nitrogens with zero attached hydrogens (tertiary/aromatic N) is 4. The van der Waals surface area contributed by atoms with Crippen molar-refractivity contribution in [2.24, 2.45) is 7.05 Å². The molecule has 0 fully saturated rings. The molecule has 7 nitrogen and oxygen atoms in total. The van der Waals surface area contributed by atoms with Crippen molar-refractivity contribution in [1.82, 2.24) is 24.3 Å². The van der Waals surface area contributed by atoms with Crippen molar-refractivity contribution in [2.45, 2.75) is 13.8 Å². The molecular weight excluding hydrogens is 330 g/mol. The highest BCUT2D eigenvalue weighted by Crippen LogP contribution is 2.27. The highest BCUT2D eigenvalue weighted by Gasteiger charge is 2.19. The number of fused-ring (bicyclic) bond motifs is 1. The number of aromatic amines is 1. The molecular formula is C19H19N5O2. The predicted molar refractivity (Wildman–Crippen MR) is 99.9 cm³/mol. The Kier molecular flexibility index (Phi) is 3.64. The molecule has 132 valence electrons. The number of methoxy groups -OCH3 is 1. The first kappa shape index (κ1) is 16.1. The number of H-pyrrole nitrogens is 1. The smallest absolute Gasteiger partial charge is 0.193 e. The second kappa shape index (κ2) is 5.87. The number of nitrogens with one attached hydrogen (secondary N) is 1. The maximum absolute atomic E-state index is 12.7. The molecule has 4 aromatic rings. The normalized spacial score (nSPS) is 11.2. The van der Waals surface area contributed by atoms with Crippen LogP contribution in [0.2, 0.25) is 0 Å². The largest absolute Gasteiger partial charge is 0.497 e. The van der Waals surface area contributed by atoms with Crippen LogP contribution in [0.1, 0.15) is 11.5 Å². The Bertz CT molecular complexity index is 1150. The zero-order valence-corrected chi connectivity index (χ0v) is 15.1. The molecule has 7 heteroatoms. The Hall–Kier alpha value is -3.35. The van der Waals surface area contributed by atoms with Gasteiger partial charge in [0.25, 0.3) is 0 Å². The number of pyridine rings is 1. The minimum absolute atomic E-state index is 0.0747. The second-order valence-electron chi connectivity index (χ2n) is 6.28. The van der Waals surface area contributed by atoms with Crippen molar-refractivity contribution >= 4 is 11.0 Å². The van der Waals surface area contributed by atoms with Crippen LogP contribution in [0.4, 0.5) is 0 Å². The van der Waals surface area contributed by atoms with E-state index >= 15 is 0 Å². The number of aryl methyl sites for hydroxylation is 3. The molecule has 1 N–H and O–H groups in total. The van der Waals surface area contributed by atoms with Crippen molar-refractivity contribution in [1.29, 1.82) is 0 Å². The van der Waals surface area contributed by atoms with Gasteiger partial charge in [0.1, 0.15) is 28.6 Å². The fourth-order valence-electron chi connectivity index (χ4n) is 3.02. The van der Waals surface area contributed by atoms with Crippen LogP contribution in [0.5, 0.6) is 5.75 Å². The lowest BCUT2D eigenvalue weighted by Gasteiger charge is -2.05. The lowest BCUT2D eigenvalue weighted by Crippen LogP contribution is -2.04. The monoisotopic (exact) mass is 349 g/mol. The molecule has 0 amide bonds. The van der Waals surface area contributed by atoms with Crippen LogP contribution in [0, 0.1) is 13.8 Å². The molecule has 1 aromatic carbocycles. The first-order valence-electron chi connectivity index (χ1n) is 8.25. The Morgan fingerprint density at radius 1 is 1.15 bits per heavy atom. The topological polar surface area (TPSA) is 77.7 Å². The number of hydrogen-bond acceptors (Lipinski definition) is 4. The third-order valence-electron chi connectivity index (χ3n) is 4.46. The van der Waals surface area contributed by atoms with Gasteiger partial charge in [-0.2, -0.15) is 5.10 Å². The van der Waals surface area contributed by atoms with Gasteiger partial charge in [-0.05, 0) is 38.1 Å². The molecule has 0 atom stereocenters. The SMILES string of the molecule is COc1ccc(-n2nc(-c3cn(C)c(C)n3)c3c(=O)cc(C)[nH]c32)cc1. The van der Waals surface area contributed by atoms with E-state index in [4.69, 9.17) is 9.84 Å². The van der Waals surface area contributed by atoms with Crippen LogP contribution < -0.4 is 10.2 Å². The third kappa shape index (κ3) is 2.48. The maximum atomic E-state index is 12.7. The average Bonchev–Trinajstić information content (AvgIpc) is 3.16. The van der Waals surface area contributed by atoms with Gasteiger partial charge < -0.3 is 14.3 Å². The predicted octanol–water partition coefficient (Wildman–Crippen LogP) is 2.74. The molecule has 3 heterocycles. The van der Waals surface area contributed by atoms with Crippen molar-refractivity contribution in [3.05, 3.63) is 58.3 Å². The second-order valence-corrected chi connectivity index (χ2v) is 6.28. The summed E-state index contributed by atoms with van der Waals surface area (Å²) in [6, 6.07) is 9.11. The highest BCUT2D eigenvalue weighted by molar-refractivity contribution is 5.91. The lowest BCUT2D eigenvalue weighted by molar-refractivity contribution is 0.414. The summed E-state index contributed by atoms with van der Waals surface area (Å²) < 4.78 is 8.87. The molecule has 0 saturated carbocycles. The Balaban J connectivity index is 2.03. The van der Waals surface area contributed by atoms with E-state index in [0.717, 1.165) is 23.0 Å². The van der Waals surface area contributed by atoms with Gasteiger partial charge in [-0.15, -0.1) is 0 Å². The van der Waals surface area contributed by atoms with Crippen molar-refractivity contribution in [3.8, 4) is 22.8 Å². The fraction of sp³-hybridized carbons (Fsp3) is 0.211. The van der Waals surface area contributed by atoms with Gasteiger partial charge in [0.15, 0.2) is 5.43 Å². The lowest BCUT2D eigenvalue weighted by atomic mass is 10.2. The van der Waals surface area contributed by atoms with E-state index < -0.39 is 0 Å². The molecule has 0 aliphatic rings. The Labute approximate surface area is 149 Å². The molecule has 0 saturated heterocycles. The van der Waals surface area contributed by atoms with Crippen LogP contribution in [-0.4, -0.2) is 31.4 Å². The minimum Gasteiger partial charge on any atom is -0.497 e. The van der Waals surface area contributed by atoms with E-state index in [1.165, 1.54) is 0 Å². The van der Waals surface area contributed by atoms with E-state index in [0.29, 0.717) is 22.4 Å². The summed E-state index contributed by atoms with van der Waals surface area (Å²) in [7, 11) is 3.55. The molecule has 0 spiro atoms. The van der Waals surface area contributed by atoms with Crippen LogP contribution in [0.15, 0.2) is 41.3 Å². The summed E-state index contributed by atoms with van der Waals surface area (Å²) in [5.74, 6) is 1.62. The quantitative estimate of drug-likeness (QED) is 0.617. The standard InChI is InChI=1S/C19H19N5O2/c1-11-9-16(25)17-18(15-10-23(3)12(2)21-15)22-24(19(17)20-11)13-5-7-14(26-4)8-6-13/h5-10H,1-4H3,(H,20,25). The van der Waals surface area contributed by atoms with E-state index in [-0.39, 0.29) is 5.43 Å². The summed E-state index contributed by atoms with van der Waals surface area (Å²) in [4.78, 5) is 20.5. The summed E-state index contributed by atoms with van der Waals surface area (Å²) in [6.45, 7) is 3.78. The van der Waals surface area contributed by atoms with E-state index in [1.54, 1.807) is 17.9 Å². The Morgan fingerprint density at radius 2 is 1.88 bits per heavy atom. The van der Waals surface area contributed by atoms with Gasteiger partial charge in [-0.3, -0.25) is 4.79 Å². The summed E-state index contributed by atoms with van der Waals surface area (Å²) >= 11 is 0. The number of hydrogen-bond donors (Lipinski definition) is 1. The molecule has 0 bridgehead atoms. The summed E-state index contributed by atoms with van der Waals surface area (Å²) in [5, 5.41) is 5.24. The summed E-state index contributed by atoms with van der Waals surface area (Å²) in [5.41, 5.74) is 3.43. The molecule has 0 unspecified atom stereocenters. The number of rotatable bonds is 3. The van der Waals surface area contributed by atoms with E-state index in [9.17, 15) is 4.79 Å². The van der Waals surface area contributed by atoms with Crippen LogP contribution in [0.25, 0.3) is 28.1 Å². The fourth-order valence-corrected chi connectivity index (χ4v) is 3.02. The zero-order chi connectivity index (χ0) is 18.4. The first-order valence-corrected chi connectivity index (χ1v) is 8.25. The first-order chi connectivity index (χ1) is 12.5. The number of ether oxygens (including phenoxy) is 1. The molecule has 0 aliphatic carbocycles. The molecule has 3 aromatic heterocycles. The van der Waals surface area contributed by atoms with Gasteiger partial charge in [0, 0.05) is 25.0 Å². The molecule has 26 heavy (non-hydrogen) atoms. The van der Waals surface area contributed by atoms with Crippen molar-refractivity contribution in [2.75, 3.05) is 7.11 Å². The van der Waals surface area contributed by atoms with Crippen LogP contribution >= 0.6 is 0 Å². The van der Waals surface area contributed by atoms with E-state index in [1.807, 2.05) is 55.9 Å². The molecule has 0 aliphatic heterocycles. The third-order valence-corrected chi connectivity index (χ3v) is 4.46. The van der Waals surface area contributed by atoms with Gasteiger partial charge in [0.2, 0.25) is 0 Å². The van der Waals surface area contributed by atoms with Crippen LogP contribution in [0.3, 0.4) is 0 Å². The highest BCUT2D eigenvalue weighted by atomic mass is 16.5. The van der Waals surface area contributed by atoms with Gasteiger partial charge in [-0.25, -0.2) is 9.67 Å². The zero-order valence-electron chi connectivity index (χ0n) is 15.1. The van der Waals surface area contributed by atoms with E-state index in [2.05, 4.69) is 9.97 Å². The van der Waals surface area contributed by atoms with Crippen LogP contribution in [-0.2, 0) is 7.05 Å². The molecule has 4 rings (SSSR count). The number of aromatic nitrogens is 5. The number of imidazole rings is 1. The van der Waals surface area contributed by atoms with Gasteiger partial charge in [-0.1, -0.05) is 0 Å². The minimum atomic E-state index is -0.0747. The van der Waals surface area contributed by atoms with Crippen molar-refractivity contribution < 1.29 is 4.74 Å². The maximum Gasteiger partial charge on any atom is 0.193 e. The summed E-state index contributed by atoms with van der Waals surface area (Å²) in [6.07, 6.45) is 1.88. The van der Waals surface area contributed by atoms with Crippen molar-refractivity contribution in [3.63, 3.8) is 0 Å². The molecule has 0 radical (unpaired) electrons. The number of benzene rings is 1.